The van der Waals surface area contributed by atoms with Crippen LogP contribution in [0.3, 0.4) is 0 Å². The molecule has 3 heterocycles. The van der Waals surface area contributed by atoms with Crippen LogP contribution in [-0.2, 0) is 11.8 Å². The molecule has 0 saturated carbocycles. The van der Waals surface area contributed by atoms with E-state index in [1.807, 2.05) is 13.8 Å². The number of tetrazole rings is 1. The topological polar surface area (TPSA) is 102 Å². The van der Waals surface area contributed by atoms with Crippen molar-refractivity contribution in [3.63, 3.8) is 0 Å². The Bertz CT molecular complexity index is 662. The van der Waals surface area contributed by atoms with Crippen LogP contribution in [0.4, 0.5) is 0 Å². The van der Waals surface area contributed by atoms with Crippen molar-refractivity contribution in [3.05, 3.63) is 23.0 Å². The summed E-state index contributed by atoms with van der Waals surface area (Å²) in [5.74, 6) is 1.25. The van der Waals surface area contributed by atoms with Gasteiger partial charge in [-0.3, -0.25) is 4.79 Å². The van der Waals surface area contributed by atoms with Gasteiger partial charge in [-0.1, -0.05) is 0 Å². The highest BCUT2D eigenvalue weighted by Gasteiger charge is 2.30. The van der Waals surface area contributed by atoms with Crippen LogP contribution in [-0.4, -0.2) is 60.7 Å². The Labute approximate surface area is 121 Å². The van der Waals surface area contributed by atoms with Gasteiger partial charge in [0.1, 0.15) is 17.6 Å². The van der Waals surface area contributed by atoms with E-state index in [-0.39, 0.29) is 12.0 Å². The highest BCUT2D eigenvalue weighted by atomic mass is 16.5. The second kappa shape index (κ2) is 5.24. The Kier molecular flexibility index (Phi) is 3.42. The summed E-state index contributed by atoms with van der Waals surface area (Å²) in [4.78, 5) is 21.6. The zero-order valence-electron chi connectivity index (χ0n) is 12.2. The maximum Gasteiger partial charge on any atom is 0.274 e. The number of aromatic nitrogens is 6. The van der Waals surface area contributed by atoms with Gasteiger partial charge in [-0.05, 0) is 24.3 Å². The lowest BCUT2D eigenvalue weighted by Gasteiger charge is -2.31. The van der Waals surface area contributed by atoms with Gasteiger partial charge in [0, 0.05) is 19.3 Å². The normalized spacial score (nSPS) is 19.0. The van der Waals surface area contributed by atoms with Gasteiger partial charge < -0.3 is 14.6 Å². The van der Waals surface area contributed by atoms with Crippen LogP contribution in [0.2, 0.25) is 0 Å². The Hall–Kier alpha value is -2.29. The van der Waals surface area contributed by atoms with Gasteiger partial charge >= 0.3 is 0 Å². The number of imidazole rings is 1. The maximum absolute atomic E-state index is 12.6. The van der Waals surface area contributed by atoms with Crippen molar-refractivity contribution in [3.8, 4) is 0 Å². The summed E-state index contributed by atoms with van der Waals surface area (Å²) >= 11 is 0. The van der Waals surface area contributed by atoms with E-state index in [4.69, 9.17) is 4.74 Å². The standard InChI is InChI=1S/C12H17N7O2/c1-7-10(14-8(2)13-7)12(20)19-4-5-21-9(6-19)11-15-16-17-18(11)3/h9H,4-6H2,1-3H3,(H,13,14). The Balaban J connectivity index is 1.79. The van der Waals surface area contributed by atoms with Crippen LogP contribution in [0.25, 0.3) is 0 Å². The van der Waals surface area contributed by atoms with E-state index in [0.29, 0.717) is 31.2 Å². The third-order valence-corrected chi connectivity index (χ3v) is 3.50. The molecule has 1 atom stereocenters. The molecule has 2 aromatic heterocycles. The fraction of sp³-hybridized carbons (Fsp3) is 0.583. The Morgan fingerprint density at radius 2 is 2.24 bits per heavy atom. The number of H-pyrrole nitrogens is 1. The van der Waals surface area contributed by atoms with E-state index in [0.717, 1.165) is 11.5 Å². The maximum atomic E-state index is 12.6. The van der Waals surface area contributed by atoms with Gasteiger partial charge in [-0.25, -0.2) is 9.67 Å². The van der Waals surface area contributed by atoms with Crippen molar-refractivity contribution < 1.29 is 9.53 Å². The molecule has 9 heteroatoms. The van der Waals surface area contributed by atoms with E-state index in [9.17, 15) is 4.79 Å². The number of aryl methyl sites for hydroxylation is 3. The number of carbonyl (C=O) groups is 1. The number of hydrogen-bond donors (Lipinski definition) is 1. The molecule has 1 aliphatic rings. The second-order valence-corrected chi connectivity index (χ2v) is 5.07. The molecule has 1 unspecified atom stereocenters. The smallest absolute Gasteiger partial charge is 0.274 e. The highest BCUT2D eigenvalue weighted by molar-refractivity contribution is 5.93. The molecule has 1 saturated heterocycles. The average molecular weight is 291 g/mol. The average Bonchev–Trinajstić information content (AvgIpc) is 3.03. The zero-order valence-corrected chi connectivity index (χ0v) is 12.2. The van der Waals surface area contributed by atoms with Crippen molar-refractivity contribution in [2.45, 2.75) is 20.0 Å². The predicted molar refractivity (Wildman–Crippen MR) is 71.5 cm³/mol. The van der Waals surface area contributed by atoms with Crippen LogP contribution in [0.5, 0.6) is 0 Å². The van der Waals surface area contributed by atoms with E-state index in [1.165, 1.54) is 0 Å². The number of ether oxygens (including phenoxy) is 1. The molecule has 0 aromatic carbocycles. The molecule has 0 bridgehead atoms. The first kappa shape index (κ1) is 13.7. The molecule has 21 heavy (non-hydrogen) atoms. The summed E-state index contributed by atoms with van der Waals surface area (Å²) in [6.07, 6.45) is -0.317. The fourth-order valence-corrected chi connectivity index (χ4v) is 2.47. The van der Waals surface area contributed by atoms with Gasteiger partial charge in [-0.2, -0.15) is 0 Å². The number of aromatic amines is 1. The van der Waals surface area contributed by atoms with Crippen LogP contribution in [0.15, 0.2) is 0 Å². The molecule has 1 amide bonds. The van der Waals surface area contributed by atoms with Crippen molar-refractivity contribution in [2.24, 2.45) is 7.05 Å². The minimum absolute atomic E-state index is 0.0970. The van der Waals surface area contributed by atoms with Gasteiger partial charge in [0.25, 0.3) is 5.91 Å². The molecular weight excluding hydrogens is 274 g/mol. The van der Waals surface area contributed by atoms with Crippen LogP contribution in [0.1, 0.15) is 33.9 Å². The summed E-state index contributed by atoms with van der Waals surface area (Å²) in [6, 6.07) is 0. The summed E-state index contributed by atoms with van der Waals surface area (Å²) < 4.78 is 7.23. The number of nitrogens with one attached hydrogen (secondary N) is 1. The van der Waals surface area contributed by atoms with E-state index >= 15 is 0 Å². The van der Waals surface area contributed by atoms with E-state index < -0.39 is 0 Å². The molecule has 2 aromatic rings. The largest absolute Gasteiger partial charge is 0.366 e. The number of carbonyl (C=O) groups excluding carboxylic acids is 1. The number of nitrogens with zero attached hydrogens (tertiary/aromatic N) is 6. The lowest BCUT2D eigenvalue weighted by atomic mass is 10.2. The molecule has 0 spiro atoms. The summed E-state index contributed by atoms with van der Waals surface area (Å²) in [5.41, 5.74) is 1.24. The first-order chi connectivity index (χ1) is 10.1. The Morgan fingerprint density at radius 3 is 2.86 bits per heavy atom. The molecule has 0 radical (unpaired) electrons. The number of amides is 1. The van der Waals surface area contributed by atoms with Gasteiger partial charge in [-0.15, -0.1) is 5.10 Å². The number of hydrogen-bond acceptors (Lipinski definition) is 6. The molecular formula is C12H17N7O2. The van der Waals surface area contributed by atoms with E-state index in [2.05, 4.69) is 25.5 Å². The summed E-state index contributed by atoms with van der Waals surface area (Å²) in [5, 5.41) is 11.3. The van der Waals surface area contributed by atoms with Gasteiger partial charge in [0.2, 0.25) is 0 Å². The van der Waals surface area contributed by atoms with Crippen molar-refractivity contribution in [1.29, 1.82) is 0 Å². The zero-order chi connectivity index (χ0) is 15.0. The molecule has 1 fully saturated rings. The van der Waals surface area contributed by atoms with E-state index in [1.54, 1.807) is 16.6 Å². The third kappa shape index (κ3) is 2.51. The minimum atomic E-state index is -0.317. The monoisotopic (exact) mass is 291 g/mol. The number of morpholine rings is 1. The van der Waals surface area contributed by atoms with Crippen molar-refractivity contribution in [1.82, 2.24) is 35.1 Å². The van der Waals surface area contributed by atoms with Gasteiger partial charge in [0.05, 0.1) is 13.2 Å². The highest BCUT2D eigenvalue weighted by Crippen LogP contribution is 2.21. The first-order valence-electron chi connectivity index (χ1n) is 6.72. The van der Waals surface area contributed by atoms with Crippen LogP contribution >= 0.6 is 0 Å². The second-order valence-electron chi connectivity index (χ2n) is 5.07. The summed E-state index contributed by atoms with van der Waals surface area (Å²) in [6.45, 7) is 5.07. The van der Waals surface area contributed by atoms with Crippen LogP contribution < -0.4 is 0 Å². The van der Waals surface area contributed by atoms with Crippen LogP contribution in [0, 0.1) is 13.8 Å². The third-order valence-electron chi connectivity index (χ3n) is 3.50. The molecule has 112 valence electrons. The quantitative estimate of drug-likeness (QED) is 0.819. The Morgan fingerprint density at radius 1 is 1.43 bits per heavy atom. The lowest BCUT2D eigenvalue weighted by molar-refractivity contribution is -0.0286. The predicted octanol–water partition coefficient (Wildman–Crippen LogP) is -0.236. The first-order valence-corrected chi connectivity index (χ1v) is 6.72. The summed E-state index contributed by atoms with van der Waals surface area (Å²) in [7, 11) is 1.75. The molecule has 3 rings (SSSR count). The van der Waals surface area contributed by atoms with Gasteiger partial charge in [0.15, 0.2) is 5.82 Å². The molecule has 1 aliphatic heterocycles. The minimum Gasteiger partial charge on any atom is -0.366 e. The fourth-order valence-electron chi connectivity index (χ4n) is 2.47. The molecule has 0 aliphatic carbocycles. The lowest BCUT2D eigenvalue weighted by Crippen LogP contribution is -2.43. The molecule has 1 N–H and O–H groups in total. The van der Waals surface area contributed by atoms with Crippen molar-refractivity contribution >= 4 is 5.91 Å². The molecule has 9 nitrogen and oxygen atoms in total. The number of rotatable bonds is 2. The van der Waals surface area contributed by atoms with Crippen molar-refractivity contribution in [2.75, 3.05) is 19.7 Å². The SMILES string of the molecule is Cc1nc(C(=O)N2CCOC(c3nnnn3C)C2)c(C)[nH]1.